The van der Waals surface area contributed by atoms with Crippen LogP contribution in [0.5, 0.6) is 0 Å². The number of nitrogens with one attached hydrogen (secondary N) is 1. The molecule has 0 saturated carbocycles. The highest BCUT2D eigenvalue weighted by Crippen LogP contribution is 2.13. The van der Waals surface area contributed by atoms with E-state index in [1.54, 1.807) is 0 Å². The SMILES string of the molecule is CCOCCNc1nc(F)c(F)cc1F. The Bertz CT molecular complexity index is 333. The zero-order valence-corrected chi connectivity index (χ0v) is 8.19. The van der Waals surface area contributed by atoms with E-state index in [4.69, 9.17) is 4.74 Å². The molecule has 0 amide bonds. The molecule has 0 radical (unpaired) electrons. The first-order chi connectivity index (χ1) is 7.15. The van der Waals surface area contributed by atoms with Gasteiger partial charge in [-0.25, -0.2) is 8.78 Å². The van der Waals surface area contributed by atoms with Gasteiger partial charge in [0.1, 0.15) is 0 Å². The first-order valence-electron chi connectivity index (χ1n) is 4.48. The molecule has 0 aliphatic rings. The average Bonchev–Trinajstić information content (AvgIpc) is 2.20. The standard InChI is InChI=1S/C9H11F3N2O/c1-2-15-4-3-13-9-7(11)5-6(10)8(12)14-9/h5H,2-4H2,1H3,(H,13,14). The molecule has 0 bridgehead atoms. The molecule has 0 aromatic carbocycles. The first kappa shape index (κ1) is 11.8. The molecule has 0 atom stereocenters. The summed E-state index contributed by atoms with van der Waals surface area (Å²) < 4.78 is 43.0. The topological polar surface area (TPSA) is 34.1 Å². The van der Waals surface area contributed by atoms with E-state index in [-0.39, 0.29) is 12.4 Å². The van der Waals surface area contributed by atoms with E-state index in [1.165, 1.54) is 0 Å². The fourth-order valence-electron chi connectivity index (χ4n) is 0.954. The molecule has 0 aliphatic carbocycles. The van der Waals surface area contributed by atoms with Crippen LogP contribution in [0.25, 0.3) is 0 Å². The van der Waals surface area contributed by atoms with Gasteiger partial charge in [0.15, 0.2) is 17.5 Å². The predicted molar refractivity (Wildman–Crippen MR) is 49.1 cm³/mol. The van der Waals surface area contributed by atoms with Crippen molar-refractivity contribution in [1.29, 1.82) is 0 Å². The van der Waals surface area contributed by atoms with Gasteiger partial charge in [-0.3, -0.25) is 0 Å². The lowest BCUT2D eigenvalue weighted by Gasteiger charge is -2.06. The lowest BCUT2D eigenvalue weighted by Crippen LogP contribution is -2.12. The fraction of sp³-hybridized carbons (Fsp3) is 0.444. The van der Waals surface area contributed by atoms with Crippen molar-refractivity contribution in [3.63, 3.8) is 0 Å². The van der Waals surface area contributed by atoms with Crippen molar-refractivity contribution in [2.75, 3.05) is 25.1 Å². The van der Waals surface area contributed by atoms with Crippen LogP contribution in [0.3, 0.4) is 0 Å². The van der Waals surface area contributed by atoms with Crippen molar-refractivity contribution >= 4 is 5.82 Å². The summed E-state index contributed by atoms with van der Waals surface area (Å²) in [6, 6.07) is 0.450. The second-order valence-electron chi connectivity index (χ2n) is 2.72. The second kappa shape index (κ2) is 5.55. The molecule has 0 unspecified atom stereocenters. The van der Waals surface area contributed by atoms with Crippen molar-refractivity contribution in [1.82, 2.24) is 4.98 Å². The van der Waals surface area contributed by atoms with Crippen LogP contribution in [-0.2, 0) is 4.74 Å². The number of aromatic nitrogens is 1. The highest BCUT2D eigenvalue weighted by molar-refractivity contribution is 5.35. The number of pyridine rings is 1. The number of rotatable bonds is 5. The highest BCUT2D eigenvalue weighted by atomic mass is 19.2. The van der Waals surface area contributed by atoms with Gasteiger partial charge in [0, 0.05) is 19.2 Å². The first-order valence-corrected chi connectivity index (χ1v) is 4.48. The Balaban J connectivity index is 2.57. The number of anilines is 1. The van der Waals surface area contributed by atoms with Gasteiger partial charge in [-0.15, -0.1) is 0 Å². The third kappa shape index (κ3) is 3.39. The van der Waals surface area contributed by atoms with Crippen LogP contribution in [0, 0.1) is 17.6 Å². The van der Waals surface area contributed by atoms with Gasteiger partial charge >= 0.3 is 0 Å². The summed E-state index contributed by atoms with van der Waals surface area (Å²) in [6.45, 7) is 2.98. The maximum Gasteiger partial charge on any atom is 0.251 e. The van der Waals surface area contributed by atoms with E-state index < -0.39 is 17.6 Å². The molecule has 1 heterocycles. The van der Waals surface area contributed by atoms with Crippen LogP contribution in [0.15, 0.2) is 6.07 Å². The van der Waals surface area contributed by atoms with Gasteiger partial charge in [-0.2, -0.15) is 9.37 Å². The van der Waals surface area contributed by atoms with Gasteiger partial charge in [-0.05, 0) is 6.92 Å². The largest absolute Gasteiger partial charge is 0.380 e. The molecule has 6 heteroatoms. The Hall–Kier alpha value is -1.30. The van der Waals surface area contributed by atoms with Gasteiger partial charge in [0.05, 0.1) is 6.61 Å². The zero-order chi connectivity index (χ0) is 11.3. The Labute approximate surface area is 85.3 Å². The van der Waals surface area contributed by atoms with Crippen molar-refractivity contribution in [2.45, 2.75) is 6.92 Å². The Morgan fingerprint density at radius 1 is 1.33 bits per heavy atom. The molecule has 0 fully saturated rings. The fourth-order valence-corrected chi connectivity index (χ4v) is 0.954. The molecule has 1 aromatic rings. The smallest absolute Gasteiger partial charge is 0.251 e. The third-order valence-electron chi connectivity index (χ3n) is 1.63. The summed E-state index contributed by atoms with van der Waals surface area (Å²) in [5.41, 5.74) is 0. The molecule has 84 valence electrons. The third-order valence-corrected chi connectivity index (χ3v) is 1.63. The molecule has 1 rings (SSSR count). The van der Waals surface area contributed by atoms with E-state index in [0.29, 0.717) is 19.3 Å². The van der Waals surface area contributed by atoms with E-state index >= 15 is 0 Å². The van der Waals surface area contributed by atoms with E-state index in [1.807, 2.05) is 6.92 Å². The normalized spacial score (nSPS) is 10.4. The Morgan fingerprint density at radius 3 is 2.73 bits per heavy atom. The minimum Gasteiger partial charge on any atom is -0.380 e. The van der Waals surface area contributed by atoms with Crippen LogP contribution < -0.4 is 5.32 Å². The molecule has 15 heavy (non-hydrogen) atoms. The number of hydrogen-bond donors (Lipinski definition) is 1. The van der Waals surface area contributed by atoms with Crippen LogP contribution in [0.1, 0.15) is 6.92 Å². The minimum atomic E-state index is -1.32. The van der Waals surface area contributed by atoms with Crippen LogP contribution in [0.4, 0.5) is 19.0 Å². The van der Waals surface area contributed by atoms with Gasteiger partial charge < -0.3 is 10.1 Å². The molecule has 0 aliphatic heterocycles. The van der Waals surface area contributed by atoms with Gasteiger partial charge in [0.2, 0.25) is 0 Å². The summed E-state index contributed by atoms with van der Waals surface area (Å²) >= 11 is 0. The molecule has 1 aromatic heterocycles. The van der Waals surface area contributed by atoms with Gasteiger partial charge in [0.25, 0.3) is 5.95 Å². The van der Waals surface area contributed by atoms with Crippen molar-refractivity contribution in [3.05, 3.63) is 23.6 Å². The zero-order valence-electron chi connectivity index (χ0n) is 8.19. The number of hydrogen-bond acceptors (Lipinski definition) is 3. The summed E-state index contributed by atoms with van der Waals surface area (Å²) in [6.07, 6.45) is 0. The summed E-state index contributed by atoms with van der Waals surface area (Å²) in [5, 5.41) is 2.50. The van der Waals surface area contributed by atoms with Crippen molar-refractivity contribution in [3.8, 4) is 0 Å². The summed E-state index contributed by atoms with van der Waals surface area (Å²) in [4.78, 5) is 3.09. The highest BCUT2D eigenvalue weighted by Gasteiger charge is 2.10. The Morgan fingerprint density at radius 2 is 2.07 bits per heavy atom. The molecule has 0 spiro atoms. The van der Waals surface area contributed by atoms with E-state index in [9.17, 15) is 13.2 Å². The lowest BCUT2D eigenvalue weighted by atomic mass is 10.4. The number of ether oxygens (including phenoxy) is 1. The van der Waals surface area contributed by atoms with Gasteiger partial charge in [-0.1, -0.05) is 0 Å². The molecular weight excluding hydrogens is 209 g/mol. The second-order valence-corrected chi connectivity index (χ2v) is 2.72. The van der Waals surface area contributed by atoms with Crippen LogP contribution in [-0.4, -0.2) is 24.7 Å². The molecule has 0 saturated heterocycles. The predicted octanol–water partition coefficient (Wildman–Crippen LogP) is 1.95. The summed E-state index contributed by atoms with van der Waals surface area (Å²) in [7, 11) is 0. The number of halogens is 3. The van der Waals surface area contributed by atoms with Crippen LogP contribution in [0.2, 0.25) is 0 Å². The summed E-state index contributed by atoms with van der Waals surface area (Å²) in [5.74, 6) is -3.86. The van der Waals surface area contributed by atoms with Crippen molar-refractivity contribution < 1.29 is 17.9 Å². The monoisotopic (exact) mass is 220 g/mol. The minimum absolute atomic E-state index is 0.281. The quantitative estimate of drug-likeness (QED) is 0.608. The van der Waals surface area contributed by atoms with E-state index in [2.05, 4.69) is 10.3 Å². The average molecular weight is 220 g/mol. The maximum atomic E-state index is 13.0. The Kier molecular flexibility index (Phi) is 4.36. The lowest BCUT2D eigenvalue weighted by molar-refractivity contribution is 0.158. The molecule has 3 nitrogen and oxygen atoms in total. The van der Waals surface area contributed by atoms with Crippen molar-refractivity contribution in [2.24, 2.45) is 0 Å². The number of nitrogens with zero attached hydrogens (tertiary/aromatic N) is 1. The van der Waals surface area contributed by atoms with Crippen LogP contribution >= 0.6 is 0 Å². The molecular formula is C9H11F3N2O. The van der Waals surface area contributed by atoms with E-state index in [0.717, 1.165) is 0 Å². The molecule has 1 N–H and O–H groups in total. The maximum absolute atomic E-state index is 13.0.